The minimum Gasteiger partial charge on any atom is -0.313 e. The molecule has 1 N–H and O–H groups in total. The van der Waals surface area contributed by atoms with Gasteiger partial charge in [0.25, 0.3) is 0 Å². The second kappa shape index (κ2) is 4.05. The molecule has 70 valence electrons. The molecular weight excluding hydrogens is 174 g/mol. The lowest BCUT2D eigenvalue weighted by molar-refractivity contribution is 0.560. The Balaban J connectivity index is 2.24. The number of sulfone groups is 1. The molecule has 0 saturated carbocycles. The molecule has 1 saturated heterocycles. The quantitative estimate of drug-likeness (QED) is 0.512. The Kier molecular flexibility index (Phi) is 3.29. The van der Waals surface area contributed by atoms with E-state index in [2.05, 4.69) is 11.9 Å². The molecule has 0 aromatic carbocycles. The van der Waals surface area contributed by atoms with Crippen molar-refractivity contribution >= 4 is 9.84 Å². The highest BCUT2D eigenvalue weighted by Crippen LogP contribution is 2.10. The van der Waals surface area contributed by atoms with E-state index in [-0.39, 0.29) is 6.04 Å². The molecule has 12 heavy (non-hydrogen) atoms. The highest BCUT2D eigenvalue weighted by molar-refractivity contribution is 7.91. The van der Waals surface area contributed by atoms with Gasteiger partial charge in [-0.25, -0.2) is 8.42 Å². The summed E-state index contributed by atoms with van der Waals surface area (Å²) in [6.07, 6.45) is 3.49. The van der Waals surface area contributed by atoms with Gasteiger partial charge in [0, 0.05) is 6.04 Å². The lowest BCUT2D eigenvalue weighted by Gasteiger charge is -2.08. The number of hydrogen-bond acceptors (Lipinski definition) is 3. The fourth-order valence-corrected chi connectivity index (χ4v) is 3.05. The zero-order valence-corrected chi connectivity index (χ0v) is 7.94. The second-order valence-corrected chi connectivity index (χ2v) is 5.36. The number of rotatable bonds is 4. The Labute approximate surface area is 73.8 Å². The number of hydrogen-bond donors (Lipinski definition) is 1. The van der Waals surface area contributed by atoms with E-state index in [1.54, 1.807) is 0 Å². The Morgan fingerprint density at radius 1 is 1.58 bits per heavy atom. The van der Waals surface area contributed by atoms with Gasteiger partial charge in [-0.2, -0.15) is 0 Å². The smallest absolute Gasteiger partial charge is 0.151 e. The maximum atomic E-state index is 11.0. The molecule has 1 unspecified atom stereocenters. The van der Waals surface area contributed by atoms with Gasteiger partial charge in [0.2, 0.25) is 0 Å². The van der Waals surface area contributed by atoms with Crippen LogP contribution in [0.4, 0.5) is 0 Å². The maximum absolute atomic E-state index is 11.0. The number of nitrogens with one attached hydrogen (secondary N) is 1. The van der Waals surface area contributed by atoms with Crippen LogP contribution in [0.2, 0.25) is 0 Å². The molecule has 1 fully saturated rings. The van der Waals surface area contributed by atoms with Crippen LogP contribution in [-0.2, 0) is 9.84 Å². The summed E-state index contributed by atoms with van der Waals surface area (Å²) >= 11 is 0. The van der Waals surface area contributed by atoms with E-state index in [1.165, 1.54) is 0 Å². The van der Waals surface area contributed by atoms with Gasteiger partial charge in [0.1, 0.15) is 0 Å². The first kappa shape index (κ1) is 9.74. The lowest BCUT2D eigenvalue weighted by Crippen LogP contribution is -2.30. The van der Waals surface area contributed by atoms with Crippen LogP contribution in [0.15, 0.2) is 12.7 Å². The van der Waals surface area contributed by atoms with Gasteiger partial charge < -0.3 is 5.32 Å². The Hall–Kier alpha value is -0.350. The normalized spacial score (nSPS) is 27.2. The summed E-state index contributed by atoms with van der Waals surface area (Å²) in [5.41, 5.74) is 0. The van der Waals surface area contributed by atoms with Gasteiger partial charge in [0.15, 0.2) is 9.84 Å². The summed E-state index contributed by atoms with van der Waals surface area (Å²) < 4.78 is 22.0. The molecule has 0 bridgehead atoms. The van der Waals surface area contributed by atoms with Crippen LogP contribution in [0.5, 0.6) is 0 Å². The van der Waals surface area contributed by atoms with Gasteiger partial charge in [-0.15, -0.1) is 6.58 Å². The average Bonchev–Trinajstić information content (AvgIpc) is 2.31. The highest BCUT2D eigenvalue weighted by Gasteiger charge is 2.26. The van der Waals surface area contributed by atoms with Crippen molar-refractivity contribution < 1.29 is 8.42 Å². The van der Waals surface area contributed by atoms with E-state index in [4.69, 9.17) is 0 Å². The molecule has 0 radical (unpaired) electrons. The van der Waals surface area contributed by atoms with E-state index in [0.29, 0.717) is 11.5 Å². The monoisotopic (exact) mass is 189 g/mol. The van der Waals surface area contributed by atoms with Crippen molar-refractivity contribution in [3.05, 3.63) is 12.7 Å². The molecule has 4 heteroatoms. The molecule has 1 rings (SSSR count). The van der Waals surface area contributed by atoms with Gasteiger partial charge in [-0.05, 0) is 19.4 Å². The molecule has 0 spiro atoms. The summed E-state index contributed by atoms with van der Waals surface area (Å²) in [4.78, 5) is 0. The summed E-state index contributed by atoms with van der Waals surface area (Å²) in [5.74, 6) is 0.656. The molecule has 0 aromatic heterocycles. The van der Waals surface area contributed by atoms with Crippen molar-refractivity contribution in [3.63, 3.8) is 0 Å². The average molecular weight is 189 g/mol. The summed E-state index contributed by atoms with van der Waals surface area (Å²) in [7, 11) is -2.72. The first-order valence-corrected chi connectivity index (χ1v) is 6.01. The van der Waals surface area contributed by atoms with Crippen molar-refractivity contribution in [2.75, 3.05) is 18.1 Å². The SMILES string of the molecule is C=CCCNC1CCS(=O)(=O)C1. The van der Waals surface area contributed by atoms with Gasteiger partial charge in [0.05, 0.1) is 11.5 Å². The second-order valence-electron chi connectivity index (χ2n) is 3.13. The van der Waals surface area contributed by atoms with Crippen molar-refractivity contribution in [3.8, 4) is 0 Å². The minimum absolute atomic E-state index is 0.176. The summed E-state index contributed by atoms with van der Waals surface area (Å²) in [6, 6.07) is 0.176. The highest BCUT2D eigenvalue weighted by atomic mass is 32.2. The molecule has 0 aliphatic carbocycles. The van der Waals surface area contributed by atoms with Crippen LogP contribution in [0, 0.1) is 0 Å². The predicted molar refractivity (Wildman–Crippen MR) is 49.9 cm³/mol. The molecular formula is C8H15NO2S. The third-order valence-corrected chi connectivity index (χ3v) is 3.78. The van der Waals surface area contributed by atoms with Crippen molar-refractivity contribution in [1.82, 2.24) is 5.32 Å². The van der Waals surface area contributed by atoms with Crippen LogP contribution >= 0.6 is 0 Å². The fourth-order valence-electron chi connectivity index (χ4n) is 1.35. The Bertz CT molecular complexity index is 246. The van der Waals surface area contributed by atoms with Gasteiger partial charge in [-0.3, -0.25) is 0 Å². The van der Waals surface area contributed by atoms with Crippen LogP contribution in [0.25, 0.3) is 0 Å². The largest absolute Gasteiger partial charge is 0.313 e. The van der Waals surface area contributed by atoms with Crippen molar-refractivity contribution in [2.45, 2.75) is 18.9 Å². The molecule has 0 amide bonds. The molecule has 3 nitrogen and oxygen atoms in total. The molecule has 1 aliphatic rings. The molecule has 1 aliphatic heterocycles. The van der Waals surface area contributed by atoms with Crippen molar-refractivity contribution in [2.24, 2.45) is 0 Å². The fraction of sp³-hybridized carbons (Fsp3) is 0.750. The van der Waals surface area contributed by atoms with Crippen LogP contribution in [-0.4, -0.2) is 32.5 Å². The van der Waals surface area contributed by atoms with E-state index in [0.717, 1.165) is 19.4 Å². The van der Waals surface area contributed by atoms with Crippen LogP contribution in [0.3, 0.4) is 0 Å². The molecule has 1 atom stereocenters. The van der Waals surface area contributed by atoms with E-state index in [1.807, 2.05) is 6.08 Å². The first-order valence-electron chi connectivity index (χ1n) is 4.19. The van der Waals surface area contributed by atoms with E-state index < -0.39 is 9.84 Å². The topological polar surface area (TPSA) is 46.2 Å². The third kappa shape index (κ3) is 2.95. The maximum Gasteiger partial charge on any atom is 0.151 e. The third-order valence-electron chi connectivity index (χ3n) is 2.01. The van der Waals surface area contributed by atoms with Crippen molar-refractivity contribution in [1.29, 1.82) is 0 Å². The van der Waals surface area contributed by atoms with Crippen LogP contribution in [0.1, 0.15) is 12.8 Å². The lowest BCUT2D eigenvalue weighted by atomic mass is 10.2. The zero-order valence-electron chi connectivity index (χ0n) is 7.12. The van der Waals surface area contributed by atoms with Gasteiger partial charge >= 0.3 is 0 Å². The van der Waals surface area contributed by atoms with Crippen LogP contribution < -0.4 is 5.32 Å². The Morgan fingerprint density at radius 3 is 2.83 bits per heavy atom. The summed E-state index contributed by atoms with van der Waals surface area (Å²) in [6.45, 7) is 4.43. The molecule has 1 heterocycles. The first-order chi connectivity index (χ1) is 5.64. The standard InChI is InChI=1S/C8H15NO2S/c1-2-3-5-9-8-4-6-12(10,11)7-8/h2,8-9H,1,3-7H2. The predicted octanol–water partition coefficient (Wildman–Crippen LogP) is 0.339. The minimum atomic E-state index is -2.72. The van der Waals surface area contributed by atoms with E-state index >= 15 is 0 Å². The van der Waals surface area contributed by atoms with E-state index in [9.17, 15) is 8.42 Å². The zero-order chi connectivity index (χ0) is 9.03. The van der Waals surface area contributed by atoms with Gasteiger partial charge in [-0.1, -0.05) is 6.08 Å². The Morgan fingerprint density at radius 2 is 2.33 bits per heavy atom. The summed E-state index contributed by atoms with van der Waals surface area (Å²) in [5, 5.41) is 3.19. The molecule has 0 aromatic rings.